The first-order valence-corrected chi connectivity index (χ1v) is 7.17. The van der Waals surface area contributed by atoms with E-state index in [2.05, 4.69) is 53.1 Å². The third-order valence-electron chi connectivity index (χ3n) is 3.17. The molecule has 1 aromatic rings. The minimum Gasteiger partial charge on any atom is -0.379 e. The largest absolute Gasteiger partial charge is 0.379 e. The van der Waals surface area contributed by atoms with Gasteiger partial charge in [-0.3, -0.25) is 4.98 Å². The van der Waals surface area contributed by atoms with E-state index in [-0.39, 0.29) is 5.60 Å². The highest BCUT2D eigenvalue weighted by molar-refractivity contribution is 9.10. The number of hydrogen-bond donors (Lipinski definition) is 1. The SMILES string of the molecule is CCNC(CCC(C)(C)OC)c1cncc(Br)c1. The fourth-order valence-electron chi connectivity index (χ4n) is 1.85. The molecule has 1 N–H and O–H groups in total. The quantitative estimate of drug-likeness (QED) is 0.833. The maximum Gasteiger partial charge on any atom is 0.0623 e. The second kappa shape index (κ2) is 7.22. The van der Waals surface area contributed by atoms with E-state index >= 15 is 0 Å². The third kappa shape index (κ3) is 5.04. The summed E-state index contributed by atoms with van der Waals surface area (Å²) >= 11 is 3.47. The van der Waals surface area contributed by atoms with Crippen LogP contribution in [-0.4, -0.2) is 24.2 Å². The molecule has 0 aliphatic rings. The van der Waals surface area contributed by atoms with Gasteiger partial charge in [0.15, 0.2) is 0 Å². The van der Waals surface area contributed by atoms with E-state index in [0.717, 1.165) is 23.9 Å². The number of nitrogens with one attached hydrogen (secondary N) is 1. The minimum absolute atomic E-state index is 0.0763. The lowest BCUT2D eigenvalue weighted by Crippen LogP contribution is -2.27. The van der Waals surface area contributed by atoms with Crippen LogP contribution in [0.15, 0.2) is 22.9 Å². The number of pyridine rings is 1. The molecule has 1 aromatic heterocycles. The van der Waals surface area contributed by atoms with E-state index < -0.39 is 0 Å². The average Bonchev–Trinajstić information content (AvgIpc) is 2.34. The Morgan fingerprint density at radius 1 is 1.44 bits per heavy atom. The van der Waals surface area contributed by atoms with Gasteiger partial charge in [0.05, 0.1) is 5.60 Å². The van der Waals surface area contributed by atoms with Gasteiger partial charge >= 0.3 is 0 Å². The smallest absolute Gasteiger partial charge is 0.0623 e. The summed E-state index contributed by atoms with van der Waals surface area (Å²) in [5.41, 5.74) is 1.14. The molecule has 1 rings (SSSR count). The van der Waals surface area contributed by atoms with Crippen LogP contribution in [0.5, 0.6) is 0 Å². The van der Waals surface area contributed by atoms with Crippen molar-refractivity contribution >= 4 is 15.9 Å². The fraction of sp³-hybridized carbons (Fsp3) is 0.643. The number of rotatable bonds is 7. The predicted octanol–water partition coefficient (Wildman–Crippen LogP) is 3.70. The van der Waals surface area contributed by atoms with Gasteiger partial charge in [-0.05, 0) is 60.8 Å². The van der Waals surface area contributed by atoms with Crippen molar-refractivity contribution in [1.29, 1.82) is 0 Å². The van der Waals surface area contributed by atoms with Gasteiger partial charge in [0.25, 0.3) is 0 Å². The zero-order chi connectivity index (χ0) is 13.6. The molecule has 0 aliphatic heterocycles. The number of nitrogens with zero attached hydrogens (tertiary/aromatic N) is 1. The van der Waals surface area contributed by atoms with Gasteiger partial charge in [-0.15, -0.1) is 0 Å². The van der Waals surface area contributed by atoms with Crippen LogP contribution in [-0.2, 0) is 4.74 Å². The zero-order valence-corrected chi connectivity index (χ0v) is 13.3. The van der Waals surface area contributed by atoms with Crippen molar-refractivity contribution in [3.63, 3.8) is 0 Å². The Bertz CT molecular complexity index is 369. The lowest BCUT2D eigenvalue weighted by molar-refractivity contribution is 0.0117. The van der Waals surface area contributed by atoms with Crippen LogP contribution in [0.1, 0.15) is 45.2 Å². The standard InChI is InChI=1S/C14H23BrN2O/c1-5-17-13(6-7-14(2,3)18-4)11-8-12(15)10-16-9-11/h8-10,13,17H,5-7H2,1-4H3. The molecule has 0 amide bonds. The normalized spacial score (nSPS) is 13.6. The topological polar surface area (TPSA) is 34.1 Å². The van der Waals surface area contributed by atoms with Gasteiger partial charge in [0.1, 0.15) is 0 Å². The summed E-state index contributed by atoms with van der Waals surface area (Å²) < 4.78 is 6.50. The van der Waals surface area contributed by atoms with Gasteiger partial charge in [0, 0.05) is 30.0 Å². The Morgan fingerprint density at radius 2 is 2.17 bits per heavy atom. The van der Waals surface area contributed by atoms with E-state index in [1.807, 2.05) is 12.4 Å². The maximum absolute atomic E-state index is 5.47. The molecule has 0 aliphatic carbocycles. The Hall–Kier alpha value is -0.450. The summed E-state index contributed by atoms with van der Waals surface area (Å²) in [7, 11) is 1.77. The molecule has 0 saturated carbocycles. The van der Waals surface area contributed by atoms with Crippen LogP contribution < -0.4 is 5.32 Å². The number of halogens is 1. The lowest BCUT2D eigenvalue weighted by Gasteiger charge is -2.26. The van der Waals surface area contributed by atoms with Crippen molar-refractivity contribution in [2.45, 2.75) is 45.3 Å². The first kappa shape index (κ1) is 15.6. The van der Waals surface area contributed by atoms with Crippen LogP contribution in [0.2, 0.25) is 0 Å². The highest BCUT2D eigenvalue weighted by atomic mass is 79.9. The van der Waals surface area contributed by atoms with E-state index in [4.69, 9.17) is 4.74 Å². The molecule has 102 valence electrons. The summed E-state index contributed by atoms with van der Waals surface area (Å²) in [6.45, 7) is 7.31. The minimum atomic E-state index is -0.0763. The molecule has 0 bridgehead atoms. The fourth-order valence-corrected chi connectivity index (χ4v) is 2.23. The molecule has 4 heteroatoms. The Balaban J connectivity index is 2.71. The van der Waals surface area contributed by atoms with Crippen LogP contribution in [0.4, 0.5) is 0 Å². The zero-order valence-electron chi connectivity index (χ0n) is 11.7. The molecule has 1 heterocycles. The van der Waals surface area contributed by atoms with Crippen molar-refractivity contribution in [3.8, 4) is 0 Å². The summed E-state index contributed by atoms with van der Waals surface area (Å²) in [5, 5.41) is 3.51. The van der Waals surface area contributed by atoms with Crippen molar-refractivity contribution in [1.82, 2.24) is 10.3 Å². The van der Waals surface area contributed by atoms with Crippen molar-refractivity contribution in [2.24, 2.45) is 0 Å². The third-order valence-corrected chi connectivity index (χ3v) is 3.60. The molecule has 0 radical (unpaired) electrons. The predicted molar refractivity (Wildman–Crippen MR) is 78.7 cm³/mol. The Morgan fingerprint density at radius 3 is 2.72 bits per heavy atom. The van der Waals surface area contributed by atoms with Gasteiger partial charge in [-0.2, -0.15) is 0 Å². The molecule has 1 unspecified atom stereocenters. The number of methoxy groups -OCH3 is 1. The second-order valence-electron chi connectivity index (χ2n) is 5.05. The van der Waals surface area contributed by atoms with Crippen LogP contribution >= 0.6 is 15.9 Å². The van der Waals surface area contributed by atoms with E-state index in [1.54, 1.807) is 7.11 Å². The van der Waals surface area contributed by atoms with E-state index in [1.165, 1.54) is 5.56 Å². The molecular weight excluding hydrogens is 292 g/mol. The highest BCUT2D eigenvalue weighted by Crippen LogP contribution is 2.25. The van der Waals surface area contributed by atoms with Gasteiger partial charge < -0.3 is 10.1 Å². The summed E-state index contributed by atoms with van der Waals surface area (Å²) in [6.07, 6.45) is 5.78. The number of hydrogen-bond acceptors (Lipinski definition) is 3. The number of aromatic nitrogens is 1. The van der Waals surface area contributed by atoms with E-state index in [9.17, 15) is 0 Å². The first-order valence-electron chi connectivity index (χ1n) is 6.37. The van der Waals surface area contributed by atoms with Crippen molar-refractivity contribution in [2.75, 3.05) is 13.7 Å². The van der Waals surface area contributed by atoms with Gasteiger partial charge in [0.2, 0.25) is 0 Å². The molecule has 18 heavy (non-hydrogen) atoms. The monoisotopic (exact) mass is 314 g/mol. The Labute approximate surface area is 118 Å². The molecule has 0 aromatic carbocycles. The molecular formula is C14H23BrN2O. The molecule has 1 atom stereocenters. The molecule has 3 nitrogen and oxygen atoms in total. The first-order chi connectivity index (χ1) is 8.48. The van der Waals surface area contributed by atoms with Gasteiger partial charge in [-0.1, -0.05) is 6.92 Å². The summed E-state index contributed by atoms with van der Waals surface area (Å²) in [5.74, 6) is 0. The number of ether oxygens (including phenoxy) is 1. The molecule has 0 fully saturated rings. The average molecular weight is 315 g/mol. The van der Waals surface area contributed by atoms with Crippen molar-refractivity contribution < 1.29 is 4.74 Å². The van der Waals surface area contributed by atoms with E-state index in [0.29, 0.717) is 6.04 Å². The summed E-state index contributed by atoms with van der Waals surface area (Å²) in [4.78, 5) is 4.23. The van der Waals surface area contributed by atoms with Crippen molar-refractivity contribution in [3.05, 3.63) is 28.5 Å². The molecule has 0 spiro atoms. The Kier molecular flexibility index (Phi) is 6.26. The van der Waals surface area contributed by atoms with Crippen LogP contribution in [0, 0.1) is 0 Å². The van der Waals surface area contributed by atoms with Crippen LogP contribution in [0.3, 0.4) is 0 Å². The van der Waals surface area contributed by atoms with Gasteiger partial charge in [-0.25, -0.2) is 0 Å². The lowest BCUT2D eigenvalue weighted by atomic mass is 9.95. The molecule has 0 saturated heterocycles. The van der Waals surface area contributed by atoms with Crippen LogP contribution in [0.25, 0.3) is 0 Å². The highest BCUT2D eigenvalue weighted by Gasteiger charge is 2.20. The second-order valence-corrected chi connectivity index (χ2v) is 5.96. The summed E-state index contributed by atoms with van der Waals surface area (Å²) in [6, 6.07) is 2.45. The maximum atomic E-state index is 5.47.